The van der Waals surface area contributed by atoms with Gasteiger partial charge in [-0.15, -0.1) is 11.3 Å². The Labute approximate surface area is 198 Å². The van der Waals surface area contributed by atoms with Gasteiger partial charge >= 0.3 is 0 Å². The number of hydrogen-bond acceptors (Lipinski definition) is 5. The van der Waals surface area contributed by atoms with Crippen molar-refractivity contribution in [2.45, 2.75) is 45.0 Å². The van der Waals surface area contributed by atoms with Crippen molar-refractivity contribution < 1.29 is 31.8 Å². The summed E-state index contributed by atoms with van der Waals surface area (Å²) < 4.78 is 131. The fraction of sp³-hybridized carbons (Fsp3) is 0.304. The van der Waals surface area contributed by atoms with Gasteiger partial charge in [-0.2, -0.15) is 0 Å². The van der Waals surface area contributed by atoms with Crippen molar-refractivity contribution in [2.24, 2.45) is 0 Å². The predicted octanol–water partition coefficient (Wildman–Crippen LogP) is 4.66. The summed E-state index contributed by atoms with van der Waals surface area (Å²) in [6, 6.07) is -6.91. The summed E-state index contributed by atoms with van der Waals surface area (Å²) in [5.74, 6) is -1.53. The van der Waals surface area contributed by atoms with Gasteiger partial charge in [0.05, 0.1) is 31.9 Å². The lowest BCUT2D eigenvalue weighted by molar-refractivity contribution is -0.115. The quantitative estimate of drug-likeness (QED) is 0.465. The molecule has 0 saturated carbocycles. The molecule has 0 aliphatic heterocycles. The van der Waals surface area contributed by atoms with Crippen LogP contribution in [0.4, 0.5) is 10.8 Å². The highest BCUT2D eigenvalue weighted by molar-refractivity contribution is 7.13. The molecular formula is C23H27N3O2S. The van der Waals surface area contributed by atoms with E-state index in [-0.39, 0.29) is 10.7 Å². The van der Waals surface area contributed by atoms with Crippen LogP contribution < -0.4 is 11.1 Å². The van der Waals surface area contributed by atoms with Crippen LogP contribution in [0.1, 0.15) is 69.6 Å². The number of aliphatic hydroxyl groups is 1. The molecule has 0 unspecified atom stereocenters. The minimum Gasteiger partial charge on any atom is -0.388 e. The summed E-state index contributed by atoms with van der Waals surface area (Å²) in [5.41, 5.74) is 2.05. The fourth-order valence-corrected chi connectivity index (χ4v) is 2.41. The van der Waals surface area contributed by atoms with Gasteiger partial charge in [-0.3, -0.25) is 4.79 Å². The number of nitrogens with two attached hydrogens (primary N) is 1. The molecule has 2 aromatic carbocycles. The van der Waals surface area contributed by atoms with Crippen LogP contribution in [-0.2, 0) is 17.5 Å². The number of carbonyl (C=O) groups excluding carboxylic acids is 1. The van der Waals surface area contributed by atoms with E-state index in [0.717, 1.165) is 0 Å². The van der Waals surface area contributed by atoms with Gasteiger partial charge in [0.1, 0.15) is 0 Å². The number of aromatic nitrogens is 1. The Morgan fingerprint density at radius 3 is 2.69 bits per heavy atom. The molecule has 152 valence electrons. The van der Waals surface area contributed by atoms with Gasteiger partial charge in [-0.05, 0) is 49.3 Å². The Morgan fingerprint density at radius 1 is 1.31 bits per heavy atom. The third kappa shape index (κ3) is 6.69. The molecule has 0 spiro atoms. The van der Waals surface area contributed by atoms with Crippen LogP contribution in [-0.4, -0.2) is 16.0 Å². The SMILES string of the molecule is [2H]c1sc(N)nc1C([2H])([2H])C(=O)Nc1c([2H])c([2H])c(C([2H])([2H])C([2H])([2H])CC[C@]([2H])(O)c2c([2H])c([2H])c(C)c([2H])c2[2H])c([2H])c1[2H]. The Morgan fingerprint density at radius 2 is 2.03 bits per heavy atom. The van der Waals surface area contributed by atoms with E-state index in [4.69, 9.17) is 27.7 Å². The van der Waals surface area contributed by atoms with Crippen LogP contribution in [0.15, 0.2) is 53.7 Å². The molecule has 0 aliphatic rings. The molecule has 29 heavy (non-hydrogen) atoms. The van der Waals surface area contributed by atoms with Gasteiger partial charge in [0.2, 0.25) is 5.91 Å². The Bertz CT molecular complexity index is 1630. The molecule has 4 N–H and O–H groups in total. The summed E-state index contributed by atoms with van der Waals surface area (Å²) in [7, 11) is 0. The van der Waals surface area contributed by atoms with Crippen molar-refractivity contribution in [2.75, 3.05) is 11.1 Å². The Hall–Kier alpha value is -2.70. The minimum absolute atomic E-state index is 0.0516. The number of anilines is 2. The largest absolute Gasteiger partial charge is 0.388 e. The highest BCUT2D eigenvalue weighted by atomic mass is 32.1. The molecule has 1 heterocycles. The summed E-state index contributed by atoms with van der Waals surface area (Å²) in [6.45, 7) is 1.30. The molecular weight excluding hydrogens is 382 g/mol. The minimum atomic E-state index is -3.35. The van der Waals surface area contributed by atoms with E-state index in [0.29, 0.717) is 11.3 Å². The van der Waals surface area contributed by atoms with Gasteiger partial charge < -0.3 is 16.2 Å². The van der Waals surface area contributed by atoms with Crippen LogP contribution in [0.5, 0.6) is 0 Å². The second-order valence-corrected chi connectivity index (χ2v) is 6.41. The van der Waals surface area contributed by atoms with Crippen molar-refractivity contribution in [3.63, 3.8) is 0 Å². The summed E-state index contributed by atoms with van der Waals surface area (Å²) in [4.78, 5) is 16.4. The van der Waals surface area contributed by atoms with Crippen LogP contribution in [0.25, 0.3) is 0 Å². The van der Waals surface area contributed by atoms with Crippen molar-refractivity contribution in [3.8, 4) is 0 Å². The monoisotopic (exact) mass is 425 g/mol. The molecule has 5 nitrogen and oxygen atoms in total. The molecule has 3 aromatic rings. The second-order valence-electron chi connectivity index (χ2n) is 5.58. The van der Waals surface area contributed by atoms with E-state index in [1.807, 2.05) is 5.32 Å². The number of benzene rings is 2. The van der Waals surface area contributed by atoms with Gasteiger partial charge in [0.25, 0.3) is 0 Å². The number of hydrogen-bond donors (Lipinski definition) is 3. The summed E-state index contributed by atoms with van der Waals surface area (Å²) in [6.07, 6.45) is -14.4. The topological polar surface area (TPSA) is 88.2 Å². The lowest BCUT2D eigenvalue weighted by Gasteiger charge is -2.11. The van der Waals surface area contributed by atoms with Crippen molar-refractivity contribution in [1.29, 1.82) is 0 Å². The number of nitrogen functional groups attached to an aromatic ring is 1. The van der Waals surface area contributed by atoms with E-state index in [2.05, 4.69) is 4.98 Å². The maximum atomic E-state index is 12.8. The molecule has 1 aromatic heterocycles. The maximum Gasteiger partial charge on any atom is 0.230 e. The maximum absolute atomic E-state index is 12.8. The Balaban J connectivity index is 2.00. The molecule has 0 radical (unpaired) electrons. The van der Waals surface area contributed by atoms with E-state index >= 15 is 0 Å². The molecule has 0 aliphatic carbocycles. The smallest absolute Gasteiger partial charge is 0.230 e. The van der Waals surface area contributed by atoms with Crippen LogP contribution >= 0.6 is 11.3 Å². The summed E-state index contributed by atoms with van der Waals surface area (Å²) >= 11 is 0.584. The van der Waals surface area contributed by atoms with Gasteiger partial charge in [0.15, 0.2) is 5.13 Å². The molecule has 3 rings (SSSR count). The highest BCUT2D eigenvalue weighted by Crippen LogP contribution is 2.21. The standard InChI is InChI=1S/C23H27N3O2S/c1-16-6-10-18(11-7-16)21(27)5-3-2-4-17-8-12-19(13-9-17)25-22(28)14-20-15-29-23(24)26-20/h6-13,15,21,27H,2-5,14H2,1H3,(H2,24,26)(H,25,28)/t21-/m0/s1/i2D2,4D2,6D,7D,8D,9D,10D,11D,12D,13D,14D2,15D,21D. The number of nitrogens with zero attached hydrogens (tertiary/aromatic N) is 1. The van der Waals surface area contributed by atoms with Crippen LogP contribution in [0.2, 0.25) is 0 Å². The number of nitrogens with one attached hydrogen (secondary N) is 1. The first-order valence-electron chi connectivity index (χ1n) is 16.3. The van der Waals surface area contributed by atoms with Crippen LogP contribution in [0.3, 0.4) is 0 Å². The zero-order chi connectivity index (χ0) is 34.8. The molecule has 0 fully saturated rings. The van der Waals surface area contributed by atoms with Crippen LogP contribution in [0, 0.1) is 6.92 Å². The third-order valence-electron chi connectivity index (χ3n) is 3.31. The highest BCUT2D eigenvalue weighted by Gasteiger charge is 2.08. The zero-order valence-electron chi connectivity index (χ0n) is 31.2. The normalized spacial score (nSPS) is 22.4. The van der Waals surface area contributed by atoms with Gasteiger partial charge in [-0.1, -0.05) is 48.2 Å². The third-order valence-corrected chi connectivity index (χ3v) is 3.90. The van der Waals surface area contributed by atoms with E-state index < -0.39 is 120 Å². The lowest BCUT2D eigenvalue weighted by atomic mass is 10.0. The Kier molecular flexibility index (Phi) is 3.01. The predicted molar refractivity (Wildman–Crippen MR) is 119 cm³/mol. The molecule has 0 bridgehead atoms. The second kappa shape index (κ2) is 10.2. The first kappa shape index (κ1) is 8.58. The average molecular weight is 426 g/mol. The van der Waals surface area contributed by atoms with E-state index in [1.165, 1.54) is 6.92 Å². The summed E-state index contributed by atoms with van der Waals surface area (Å²) in [5, 5.41) is 12.0. The van der Waals surface area contributed by atoms with Crippen molar-refractivity contribution in [3.05, 3.63) is 76.1 Å². The molecule has 0 saturated heterocycles. The first-order chi connectivity index (χ1) is 20.3. The van der Waals surface area contributed by atoms with Crippen molar-refractivity contribution >= 4 is 28.1 Å². The lowest BCUT2D eigenvalue weighted by Crippen LogP contribution is -2.14. The molecule has 1 amide bonds. The molecule has 6 heteroatoms. The number of thiazole rings is 1. The van der Waals surface area contributed by atoms with Crippen molar-refractivity contribution in [1.82, 2.24) is 4.98 Å². The van der Waals surface area contributed by atoms with E-state index in [1.54, 1.807) is 0 Å². The van der Waals surface area contributed by atoms with Gasteiger partial charge in [-0.25, -0.2) is 4.98 Å². The molecule has 1 atom stereocenters. The fourth-order valence-electron chi connectivity index (χ4n) is 1.98. The first-order valence-corrected chi connectivity index (χ1v) is 9.10. The van der Waals surface area contributed by atoms with E-state index in [9.17, 15) is 9.90 Å². The number of carbonyl (C=O) groups is 1. The zero-order valence-corrected chi connectivity index (χ0v) is 16.0. The van der Waals surface area contributed by atoms with Gasteiger partial charge in [0, 0.05) is 19.3 Å². The number of rotatable bonds is 9. The average Bonchev–Trinajstić information content (AvgIpc) is 3.29. The number of amides is 1.